The molecule has 0 bridgehead atoms. The Bertz CT molecular complexity index is 438. The van der Waals surface area contributed by atoms with E-state index in [1.54, 1.807) is 6.92 Å². The van der Waals surface area contributed by atoms with Crippen molar-refractivity contribution in [2.75, 3.05) is 31.5 Å². The van der Waals surface area contributed by atoms with Gasteiger partial charge in [0.15, 0.2) is 0 Å². The average molecular weight is 289 g/mol. The van der Waals surface area contributed by atoms with E-state index in [9.17, 15) is 4.79 Å². The molecule has 0 saturated carbocycles. The number of carbonyl (C=O) groups excluding carboxylic acids is 1. The second-order valence-electron chi connectivity index (χ2n) is 5.75. The van der Waals surface area contributed by atoms with Crippen molar-refractivity contribution in [2.45, 2.75) is 39.2 Å². The molecular weight excluding hydrogens is 262 g/mol. The summed E-state index contributed by atoms with van der Waals surface area (Å²) in [6.07, 6.45) is 3.69. The summed E-state index contributed by atoms with van der Waals surface area (Å²) in [5.74, 6) is -0.0209. The first-order valence-corrected chi connectivity index (χ1v) is 8.03. The molecule has 1 atom stereocenters. The van der Waals surface area contributed by atoms with Crippen LogP contribution in [0, 0.1) is 0 Å². The fraction of sp³-hybridized carbons (Fsp3) is 0.588. The number of hydrogen-bond acceptors (Lipinski definition) is 3. The fourth-order valence-electron chi connectivity index (χ4n) is 2.94. The Kier molecular flexibility index (Phi) is 6.21. The van der Waals surface area contributed by atoms with E-state index in [1.807, 2.05) is 12.1 Å². The van der Waals surface area contributed by atoms with Crippen molar-refractivity contribution in [3.8, 4) is 0 Å². The molecule has 4 nitrogen and oxygen atoms in total. The normalized spacial score (nSPS) is 17.4. The second-order valence-corrected chi connectivity index (χ2v) is 5.75. The van der Waals surface area contributed by atoms with Gasteiger partial charge in [-0.2, -0.15) is 0 Å². The van der Waals surface area contributed by atoms with Gasteiger partial charge in [0.2, 0.25) is 5.91 Å². The van der Waals surface area contributed by atoms with Crippen LogP contribution < -0.4 is 10.6 Å². The molecule has 0 aliphatic carbocycles. The van der Waals surface area contributed by atoms with E-state index in [0.717, 1.165) is 31.9 Å². The molecule has 21 heavy (non-hydrogen) atoms. The number of anilines is 1. The molecule has 1 fully saturated rings. The summed E-state index contributed by atoms with van der Waals surface area (Å²) in [5.41, 5.74) is 2.24. The molecule has 1 amide bonds. The lowest BCUT2D eigenvalue weighted by molar-refractivity contribution is -0.114. The van der Waals surface area contributed by atoms with Crippen LogP contribution in [0.25, 0.3) is 0 Å². The topological polar surface area (TPSA) is 44.4 Å². The molecule has 1 saturated heterocycles. The van der Waals surface area contributed by atoms with Crippen LogP contribution in [-0.4, -0.2) is 37.0 Å². The monoisotopic (exact) mass is 289 g/mol. The first-order chi connectivity index (χ1) is 10.2. The first-order valence-electron chi connectivity index (χ1n) is 8.03. The third-order valence-corrected chi connectivity index (χ3v) is 4.04. The molecular formula is C17H27N3O. The maximum atomic E-state index is 11.1. The number of rotatable bonds is 6. The van der Waals surface area contributed by atoms with Gasteiger partial charge in [-0.05, 0) is 24.1 Å². The smallest absolute Gasteiger partial charge is 0.221 e. The number of carbonyl (C=O) groups is 1. The highest BCUT2D eigenvalue weighted by Crippen LogP contribution is 2.27. The van der Waals surface area contributed by atoms with E-state index in [4.69, 9.17) is 0 Å². The largest absolute Gasteiger partial charge is 0.326 e. The summed E-state index contributed by atoms with van der Waals surface area (Å²) < 4.78 is 0. The minimum atomic E-state index is -0.0209. The third kappa shape index (κ3) is 4.83. The third-order valence-electron chi connectivity index (χ3n) is 4.04. The van der Waals surface area contributed by atoms with E-state index in [1.165, 1.54) is 24.8 Å². The first kappa shape index (κ1) is 16.0. The molecule has 4 heteroatoms. The molecule has 0 radical (unpaired) electrons. The van der Waals surface area contributed by atoms with Gasteiger partial charge >= 0.3 is 0 Å². The van der Waals surface area contributed by atoms with Crippen LogP contribution >= 0.6 is 0 Å². The van der Waals surface area contributed by atoms with Gasteiger partial charge in [0.25, 0.3) is 0 Å². The highest BCUT2D eigenvalue weighted by molar-refractivity contribution is 5.88. The Hall–Kier alpha value is -1.39. The van der Waals surface area contributed by atoms with Crippen LogP contribution in [0.2, 0.25) is 0 Å². The van der Waals surface area contributed by atoms with Gasteiger partial charge in [0, 0.05) is 44.8 Å². The van der Waals surface area contributed by atoms with E-state index in [2.05, 4.69) is 34.6 Å². The van der Waals surface area contributed by atoms with Gasteiger partial charge in [-0.15, -0.1) is 0 Å². The predicted molar refractivity (Wildman–Crippen MR) is 87.5 cm³/mol. The molecule has 2 rings (SSSR count). The number of piperazine rings is 1. The highest BCUT2D eigenvalue weighted by atomic mass is 16.1. The lowest BCUT2D eigenvalue weighted by Crippen LogP contribution is -2.45. The molecule has 2 N–H and O–H groups in total. The number of nitrogens with one attached hydrogen (secondary N) is 2. The zero-order valence-electron chi connectivity index (χ0n) is 13.2. The van der Waals surface area contributed by atoms with Crippen LogP contribution in [0.4, 0.5) is 5.69 Å². The minimum Gasteiger partial charge on any atom is -0.326 e. The van der Waals surface area contributed by atoms with Crippen molar-refractivity contribution in [3.05, 3.63) is 29.8 Å². The van der Waals surface area contributed by atoms with Crippen molar-refractivity contribution in [1.82, 2.24) is 10.2 Å². The number of nitrogens with zero attached hydrogens (tertiary/aromatic N) is 1. The molecule has 1 aliphatic rings. The van der Waals surface area contributed by atoms with Crippen molar-refractivity contribution in [1.29, 1.82) is 0 Å². The zero-order chi connectivity index (χ0) is 15.1. The Labute approximate surface area is 127 Å². The standard InChI is InChI=1S/C17H27N3O/c1-3-4-5-17(20-12-10-18-11-13-20)15-6-8-16(9-7-15)19-14(2)21/h6-9,17-18H,3-5,10-13H2,1-2H3,(H,19,21)/t17-/m1/s1. The quantitative estimate of drug-likeness (QED) is 0.846. The lowest BCUT2D eigenvalue weighted by atomic mass is 9.98. The summed E-state index contributed by atoms with van der Waals surface area (Å²) in [7, 11) is 0. The highest BCUT2D eigenvalue weighted by Gasteiger charge is 2.21. The summed E-state index contributed by atoms with van der Waals surface area (Å²) in [6, 6.07) is 8.84. The Morgan fingerprint density at radius 2 is 1.95 bits per heavy atom. The number of unbranched alkanes of at least 4 members (excludes halogenated alkanes) is 1. The van der Waals surface area contributed by atoms with Crippen molar-refractivity contribution < 1.29 is 4.79 Å². The van der Waals surface area contributed by atoms with Gasteiger partial charge in [-0.1, -0.05) is 31.9 Å². The summed E-state index contributed by atoms with van der Waals surface area (Å²) in [6.45, 7) is 8.16. The summed E-state index contributed by atoms with van der Waals surface area (Å²) in [5, 5.41) is 6.25. The van der Waals surface area contributed by atoms with Crippen LogP contribution in [0.3, 0.4) is 0 Å². The fourth-order valence-corrected chi connectivity index (χ4v) is 2.94. The van der Waals surface area contributed by atoms with Gasteiger partial charge in [-0.25, -0.2) is 0 Å². The van der Waals surface area contributed by atoms with E-state index in [-0.39, 0.29) is 5.91 Å². The minimum absolute atomic E-state index is 0.0209. The van der Waals surface area contributed by atoms with Crippen molar-refractivity contribution in [3.63, 3.8) is 0 Å². The predicted octanol–water partition coefficient (Wildman–Crippen LogP) is 2.78. The Balaban J connectivity index is 2.09. The number of amides is 1. The SMILES string of the molecule is CCCC[C@H](c1ccc(NC(C)=O)cc1)N1CCNCC1. The van der Waals surface area contributed by atoms with E-state index in [0.29, 0.717) is 6.04 Å². The van der Waals surface area contributed by atoms with E-state index >= 15 is 0 Å². The Morgan fingerprint density at radius 1 is 1.29 bits per heavy atom. The van der Waals surface area contributed by atoms with Gasteiger partial charge < -0.3 is 10.6 Å². The van der Waals surface area contributed by atoms with Crippen molar-refractivity contribution >= 4 is 11.6 Å². The Morgan fingerprint density at radius 3 is 2.52 bits per heavy atom. The average Bonchev–Trinajstić information content (AvgIpc) is 2.50. The van der Waals surface area contributed by atoms with Gasteiger partial charge in [0.05, 0.1) is 0 Å². The van der Waals surface area contributed by atoms with Crippen molar-refractivity contribution in [2.24, 2.45) is 0 Å². The number of hydrogen-bond donors (Lipinski definition) is 2. The zero-order valence-corrected chi connectivity index (χ0v) is 13.2. The molecule has 1 aliphatic heterocycles. The lowest BCUT2D eigenvalue weighted by Gasteiger charge is -2.35. The second kappa shape index (κ2) is 8.15. The summed E-state index contributed by atoms with van der Waals surface area (Å²) in [4.78, 5) is 13.7. The maximum Gasteiger partial charge on any atom is 0.221 e. The van der Waals surface area contributed by atoms with Crippen LogP contribution in [0.1, 0.15) is 44.7 Å². The maximum absolute atomic E-state index is 11.1. The van der Waals surface area contributed by atoms with Crippen LogP contribution in [0.15, 0.2) is 24.3 Å². The molecule has 116 valence electrons. The molecule has 0 spiro atoms. The molecule has 1 heterocycles. The molecule has 1 aromatic carbocycles. The molecule has 0 unspecified atom stereocenters. The van der Waals surface area contributed by atoms with Crippen LogP contribution in [-0.2, 0) is 4.79 Å². The molecule has 1 aromatic rings. The number of benzene rings is 1. The van der Waals surface area contributed by atoms with Gasteiger partial charge in [-0.3, -0.25) is 9.69 Å². The van der Waals surface area contributed by atoms with Gasteiger partial charge in [0.1, 0.15) is 0 Å². The van der Waals surface area contributed by atoms with Crippen LogP contribution in [0.5, 0.6) is 0 Å². The summed E-state index contributed by atoms with van der Waals surface area (Å²) >= 11 is 0. The van der Waals surface area contributed by atoms with E-state index < -0.39 is 0 Å². The molecule has 0 aromatic heterocycles.